The van der Waals surface area contributed by atoms with Crippen molar-refractivity contribution in [3.8, 4) is 51.9 Å². The molecular weight excluding hydrogens is 1390 g/mol. The van der Waals surface area contributed by atoms with Gasteiger partial charge in [-0.15, -0.1) is 0 Å². The van der Waals surface area contributed by atoms with E-state index in [2.05, 4.69) is 103 Å². The average Bonchev–Trinajstić information content (AvgIpc) is 1.16. The first-order valence-corrected chi connectivity index (χ1v) is 36.6. The molecule has 19 rings (SSSR count). The van der Waals surface area contributed by atoms with E-state index < -0.39 is 11.9 Å². The van der Waals surface area contributed by atoms with Crippen LogP contribution in [0.3, 0.4) is 0 Å². The third kappa shape index (κ3) is 17.7. The second-order valence-electron chi connectivity index (χ2n) is 28.6. The lowest BCUT2D eigenvalue weighted by Gasteiger charge is -2.56. The van der Waals surface area contributed by atoms with Gasteiger partial charge in [0.05, 0.1) is 47.5 Å². The van der Waals surface area contributed by atoms with E-state index in [9.17, 15) is 13.2 Å². The van der Waals surface area contributed by atoms with Crippen LogP contribution in [0.15, 0.2) is 146 Å². The molecule has 0 amide bonds. The van der Waals surface area contributed by atoms with Crippen LogP contribution >= 0.6 is 0 Å². The number of methoxy groups -OCH3 is 1. The van der Waals surface area contributed by atoms with Crippen LogP contribution in [0.5, 0.6) is 11.6 Å². The quantitative estimate of drug-likeness (QED) is 0.0677. The molecule has 4 bridgehead atoms. The first kappa shape index (κ1) is 72.5. The van der Waals surface area contributed by atoms with Crippen molar-refractivity contribution in [2.75, 3.05) is 61.1 Å². The van der Waals surface area contributed by atoms with Gasteiger partial charge >= 0.3 is 6.18 Å². The second-order valence-corrected chi connectivity index (χ2v) is 28.6. The smallest absolute Gasteiger partial charge is 0.433 e. The van der Waals surface area contributed by atoms with Crippen molar-refractivity contribution in [2.24, 2.45) is 0 Å². The molecule has 7 fully saturated rings. The monoisotopic (exact) mass is 1470 g/mol. The maximum Gasteiger partial charge on any atom is 0.433 e. The number of piperidine rings is 3. The van der Waals surface area contributed by atoms with E-state index in [0.29, 0.717) is 79.0 Å². The Labute approximate surface area is 628 Å². The molecule has 0 spiro atoms. The highest BCUT2D eigenvalue weighted by atomic mass is 19.4. The number of hydrogen-bond donors (Lipinski definition) is 3. The lowest BCUT2D eigenvalue weighted by molar-refractivity contribution is -0.141. The fourth-order valence-electron chi connectivity index (χ4n) is 14.8. The molecule has 0 radical (unpaired) electrons. The van der Waals surface area contributed by atoms with E-state index in [4.69, 9.17) is 44.6 Å². The second kappa shape index (κ2) is 31.8. The zero-order chi connectivity index (χ0) is 75.3. The molecule has 29 heteroatoms. The van der Waals surface area contributed by atoms with Crippen molar-refractivity contribution < 1.29 is 22.6 Å². The number of nitrogens with zero attached hydrogens (tertiary/aromatic N) is 21. The zero-order valence-electron chi connectivity index (χ0n) is 61.7. The number of rotatable bonds is 19. The molecule has 12 aromatic rings. The van der Waals surface area contributed by atoms with Gasteiger partial charge in [-0.1, -0.05) is 12.1 Å². The normalized spacial score (nSPS) is 17.6. The minimum atomic E-state index is -4.41. The summed E-state index contributed by atoms with van der Waals surface area (Å²) >= 11 is 0. The van der Waals surface area contributed by atoms with E-state index in [1.54, 1.807) is 19.4 Å². The summed E-state index contributed by atoms with van der Waals surface area (Å²) in [7, 11) is 1.60. The van der Waals surface area contributed by atoms with Gasteiger partial charge in [0, 0.05) is 197 Å². The van der Waals surface area contributed by atoms with Crippen molar-refractivity contribution in [2.45, 2.75) is 136 Å². The third-order valence-electron chi connectivity index (χ3n) is 20.2. The van der Waals surface area contributed by atoms with E-state index >= 15 is 0 Å². The Morgan fingerprint density at radius 2 is 0.890 bits per heavy atom. The highest BCUT2D eigenvalue weighted by molar-refractivity contribution is 5.60. The first-order chi connectivity index (χ1) is 52.8. The number of nitrogens with one attached hydrogen (secondary N) is 3. The lowest BCUT2D eigenvalue weighted by atomic mass is 9.87. The molecule has 4 atom stereocenters. The van der Waals surface area contributed by atoms with Crippen LogP contribution in [0.25, 0.3) is 34.2 Å². The maximum absolute atomic E-state index is 12.8. The fourth-order valence-corrected chi connectivity index (χ4v) is 14.8. The van der Waals surface area contributed by atoms with E-state index in [1.807, 2.05) is 145 Å². The SMILES string of the molecule is COc1ccc(OC2CCN(c3ccc(-c4nc(C)cc(Cc5cc(C)[nH]n5)n4)cn3)CC2)cn1.Cc1cc(Cc2cc(C)[nH]n2)nc(-c2ccc(N3CC4CC(C3)N4Cc3ccc(C#N)nc3)nc2)n1.Cc1cc(Cc2cc(C)[nH]n2)nc(-c2ccc(N3CC4CC(C3)N4Cc3ccc(C(F)(F)F)nc3)nc2)n1. The Kier molecular flexibility index (Phi) is 21.2. The number of halogens is 3. The minimum Gasteiger partial charge on any atom is -0.489 e. The molecular formula is C80H83F3N24O2. The van der Waals surface area contributed by atoms with Gasteiger partial charge < -0.3 is 24.2 Å². The Hall–Kier alpha value is -12.0. The maximum atomic E-state index is 12.8. The zero-order valence-corrected chi connectivity index (χ0v) is 61.7. The molecule has 7 aliphatic rings. The number of anilines is 3. The molecule has 7 aliphatic heterocycles. The predicted octanol–water partition coefficient (Wildman–Crippen LogP) is 11.5. The van der Waals surface area contributed by atoms with Crippen LogP contribution in [-0.2, 0) is 38.5 Å². The van der Waals surface area contributed by atoms with Crippen molar-refractivity contribution >= 4 is 17.5 Å². The summed E-state index contributed by atoms with van der Waals surface area (Å²) in [4.78, 5) is 66.2. The molecule has 3 N–H and O–H groups in total. The summed E-state index contributed by atoms with van der Waals surface area (Å²) in [6.07, 6.45) is 12.3. The standard InChI is InChI=1S/C27H27F3N8.C27H27N9.C26H29N7O2/c1-16-7-20(9-21-8-17(2)35-36-21)34-26(33-16)19-4-6-25(32-12-19)37-14-22-10-23(15-37)38(22)13-18-3-5-24(31-11-18)27(28,29)30;1-17-7-22(9-23-8-18(2)33-34-23)32-27(31-17)20-4-6-26(30-13-20)35-15-24-10-25(16-35)36(24)14-19-3-5-21(11-28)29-12-19;1-17-12-20(14-21-13-18(2)31-32-21)30-26(29-17)19-4-6-24(27-15-19)33-10-8-22(9-11-33)35-23-5-7-25(34-3)28-16-23/h3-8,11-12,22-23H,9-10,13-15H2,1-2H3,(H,35,36);3-8,12-13,24-25H,9-10,14-16H2,1-2H3,(H,33,34);4-7,12-13,15-16,22H,8-11,14H2,1-3H3,(H,31,32). The molecule has 556 valence electrons. The summed E-state index contributed by atoms with van der Waals surface area (Å²) in [5, 5.41) is 30.8. The van der Waals surface area contributed by atoms with Gasteiger partial charge in [-0.3, -0.25) is 30.1 Å². The van der Waals surface area contributed by atoms with Gasteiger partial charge in [0.25, 0.3) is 0 Å². The number of alkyl halides is 3. The summed E-state index contributed by atoms with van der Waals surface area (Å²) in [5.74, 6) is 6.23. The van der Waals surface area contributed by atoms with Crippen LogP contribution in [0.4, 0.5) is 30.6 Å². The van der Waals surface area contributed by atoms with Crippen LogP contribution in [0.1, 0.15) is 117 Å². The van der Waals surface area contributed by atoms with Gasteiger partial charge in [-0.25, -0.2) is 54.8 Å². The number of aromatic nitrogens is 18. The van der Waals surface area contributed by atoms with Crippen LogP contribution < -0.4 is 24.2 Å². The van der Waals surface area contributed by atoms with Gasteiger partial charge in [-0.2, -0.15) is 33.7 Å². The number of ether oxygens (including phenoxy) is 2. The van der Waals surface area contributed by atoms with Gasteiger partial charge in [0.2, 0.25) is 5.88 Å². The Bertz CT molecular complexity index is 5120. The Morgan fingerprint density at radius 1 is 0.459 bits per heavy atom. The molecule has 0 aromatic carbocycles. The van der Waals surface area contributed by atoms with Gasteiger partial charge in [-0.05, 0) is 157 Å². The van der Waals surface area contributed by atoms with Crippen LogP contribution in [0.2, 0.25) is 0 Å². The number of H-pyrrole nitrogens is 3. The summed E-state index contributed by atoms with van der Waals surface area (Å²) in [5.41, 5.74) is 15.7. The fraction of sp³-hybridized carbons (Fsp3) is 0.350. The molecule has 0 saturated carbocycles. The molecule has 0 aliphatic carbocycles. The first-order valence-electron chi connectivity index (χ1n) is 36.6. The highest BCUT2D eigenvalue weighted by Gasteiger charge is 2.46. The summed E-state index contributed by atoms with van der Waals surface area (Å²) in [6.45, 7) is 18.7. The molecule has 19 heterocycles. The van der Waals surface area contributed by atoms with E-state index in [1.165, 1.54) is 18.7 Å². The average molecular weight is 1470 g/mol. The highest BCUT2D eigenvalue weighted by Crippen LogP contribution is 2.38. The lowest BCUT2D eigenvalue weighted by Crippen LogP contribution is -2.68. The topological polar surface area (TPSA) is 299 Å². The number of fused-ring (bicyclic) bond motifs is 4. The van der Waals surface area contributed by atoms with Crippen molar-refractivity contribution in [1.82, 2.24) is 100 Å². The largest absolute Gasteiger partial charge is 0.489 e. The minimum absolute atomic E-state index is 0.165. The van der Waals surface area contributed by atoms with Crippen molar-refractivity contribution in [1.29, 1.82) is 5.26 Å². The van der Waals surface area contributed by atoms with Crippen molar-refractivity contribution in [3.63, 3.8) is 0 Å². The summed E-state index contributed by atoms with van der Waals surface area (Å²) < 4.78 is 49.6. The predicted molar refractivity (Wildman–Crippen MR) is 403 cm³/mol. The number of aryl methyl sites for hydroxylation is 6. The number of pyridine rings is 6. The number of hydrogen-bond acceptors (Lipinski definition) is 23. The number of nitriles is 1. The van der Waals surface area contributed by atoms with E-state index in [-0.39, 0.29) is 6.10 Å². The molecule has 109 heavy (non-hydrogen) atoms. The Balaban J connectivity index is 0.000000130. The van der Waals surface area contributed by atoms with Crippen LogP contribution in [-0.4, -0.2) is 177 Å². The molecule has 7 saturated heterocycles. The Morgan fingerprint density at radius 3 is 1.23 bits per heavy atom. The molecule has 26 nitrogen and oxygen atoms in total. The molecule has 12 aromatic heterocycles. The summed E-state index contributed by atoms with van der Waals surface area (Å²) in [6, 6.07) is 38.2. The van der Waals surface area contributed by atoms with Gasteiger partial charge in [0.15, 0.2) is 17.5 Å². The van der Waals surface area contributed by atoms with Gasteiger partial charge in [0.1, 0.15) is 46.8 Å². The molecule has 4 unspecified atom stereocenters. The third-order valence-corrected chi connectivity index (χ3v) is 20.2. The number of piperazine rings is 2. The van der Waals surface area contributed by atoms with Crippen LogP contribution in [0, 0.1) is 52.9 Å². The van der Waals surface area contributed by atoms with Crippen molar-refractivity contribution in [3.05, 3.63) is 237 Å². The number of aromatic amines is 3. The van der Waals surface area contributed by atoms with E-state index in [0.717, 1.165) is 190 Å².